The molecule has 110 valence electrons. The van der Waals surface area contributed by atoms with Crippen molar-refractivity contribution in [2.75, 3.05) is 18.0 Å². The van der Waals surface area contributed by atoms with Crippen molar-refractivity contribution in [1.29, 1.82) is 0 Å². The van der Waals surface area contributed by atoms with E-state index < -0.39 is 0 Å². The van der Waals surface area contributed by atoms with Crippen LogP contribution in [-0.2, 0) is 4.79 Å². The van der Waals surface area contributed by atoms with Crippen molar-refractivity contribution in [2.24, 2.45) is 5.92 Å². The molecular weight excluding hydrogens is 250 g/mol. The minimum absolute atomic E-state index is 0.106. The monoisotopic (exact) mass is 275 g/mol. The highest BCUT2D eigenvalue weighted by Crippen LogP contribution is 2.41. The summed E-state index contributed by atoms with van der Waals surface area (Å²) in [6.45, 7) is 8.15. The number of benzene rings is 1. The van der Waals surface area contributed by atoms with Gasteiger partial charge in [0.05, 0.1) is 0 Å². The minimum Gasteiger partial charge on any atom is -0.508 e. The summed E-state index contributed by atoms with van der Waals surface area (Å²) in [6.07, 6.45) is 2.59. The predicted octanol–water partition coefficient (Wildman–Crippen LogP) is 3.71. The molecule has 3 nitrogen and oxygen atoms in total. The third-order valence-electron chi connectivity index (χ3n) is 4.54. The van der Waals surface area contributed by atoms with Gasteiger partial charge in [-0.1, -0.05) is 19.4 Å². The smallest absolute Gasteiger partial charge is 0.140 e. The van der Waals surface area contributed by atoms with Crippen molar-refractivity contribution in [3.05, 3.63) is 23.8 Å². The summed E-state index contributed by atoms with van der Waals surface area (Å²) in [5, 5.41) is 10.3. The highest BCUT2D eigenvalue weighted by Gasteiger charge is 2.34. The van der Waals surface area contributed by atoms with E-state index in [4.69, 9.17) is 0 Å². The third-order valence-corrected chi connectivity index (χ3v) is 4.54. The van der Waals surface area contributed by atoms with Gasteiger partial charge in [0.15, 0.2) is 0 Å². The Hall–Kier alpha value is -1.51. The number of rotatable bonds is 5. The molecule has 0 aliphatic heterocycles. The molecule has 1 N–H and O–H groups in total. The Bertz CT molecular complexity index is 480. The Morgan fingerprint density at radius 1 is 1.25 bits per heavy atom. The third kappa shape index (κ3) is 2.82. The molecule has 2 unspecified atom stereocenters. The van der Waals surface area contributed by atoms with Crippen LogP contribution in [0.3, 0.4) is 0 Å². The second-order valence-corrected chi connectivity index (χ2v) is 5.65. The number of phenols is 1. The Balaban J connectivity index is 2.24. The maximum atomic E-state index is 12.1. The molecule has 0 aromatic heterocycles. The number of carbonyl (C=O) groups excluding carboxylic acids is 1. The number of aromatic hydroxyl groups is 1. The second-order valence-electron chi connectivity index (χ2n) is 5.65. The maximum Gasteiger partial charge on any atom is 0.140 e. The number of phenolic OH excluding ortho intramolecular Hbond substituents is 1. The quantitative estimate of drug-likeness (QED) is 0.890. The lowest BCUT2D eigenvalue weighted by atomic mass is 9.94. The van der Waals surface area contributed by atoms with Crippen molar-refractivity contribution in [2.45, 2.75) is 46.0 Å². The number of nitrogens with zero attached hydrogens (tertiary/aromatic N) is 1. The summed E-state index contributed by atoms with van der Waals surface area (Å²) in [6, 6.07) is 5.76. The van der Waals surface area contributed by atoms with Crippen LogP contribution in [0.25, 0.3) is 0 Å². The lowest BCUT2D eigenvalue weighted by Gasteiger charge is -2.22. The number of anilines is 1. The van der Waals surface area contributed by atoms with Gasteiger partial charge >= 0.3 is 0 Å². The topological polar surface area (TPSA) is 40.5 Å². The first kappa shape index (κ1) is 14.9. The largest absolute Gasteiger partial charge is 0.508 e. The molecule has 2 rings (SSSR count). The summed E-state index contributed by atoms with van der Waals surface area (Å²) in [5.41, 5.74) is 1.83. The van der Waals surface area contributed by atoms with Gasteiger partial charge in [-0.25, -0.2) is 0 Å². The average molecular weight is 275 g/mol. The van der Waals surface area contributed by atoms with Gasteiger partial charge in [0.25, 0.3) is 0 Å². The molecule has 0 amide bonds. The zero-order chi connectivity index (χ0) is 14.7. The van der Waals surface area contributed by atoms with Crippen LogP contribution in [0.4, 0.5) is 5.69 Å². The van der Waals surface area contributed by atoms with Gasteiger partial charge in [0, 0.05) is 42.7 Å². The Labute approximate surface area is 121 Å². The van der Waals surface area contributed by atoms with Crippen LogP contribution in [0.5, 0.6) is 5.75 Å². The molecule has 0 spiro atoms. The standard InChI is InChI=1S/C17H25NO2/c1-4-12-9-15(16(19)10-12)14-8-7-13(11-17(14)20)18(5-2)6-3/h7-8,11-12,15,20H,4-6,9-10H2,1-3H3. The number of ketones is 1. The van der Waals surface area contributed by atoms with Gasteiger partial charge in [-0.15, -0.1) is 0 Å². The predicted molar refractivity (Wildman–Crippen MR) is 82.4 cm³/mol. The first-order chi connectivity index (χ1) is 9.60. The van der Waals surface area contributed by atoms with E-state index in [1.165, 1.54) is 0 Å². The lowest BCUT2D eigenvalue weighted by Crippen LogP contribution is -2.21. The van der Waals surface area contributed by atoms with Gasteiger partial charge in [-0.3, -0.25) is 4.79 Å². The molecule has 1 fully saturated rings. The van der Waals surface area contributed by atoms with Crippen LogP contribution in [0.15, 0.2) is 18.2 Å². The highest BCUT2D eigenvalue weighted by atomic mass is 16.3. The van der Waals surface area contributed by atoms with Crippen LogP contribution in [0, 0.1) is 5.92 Å². The number of Topliss-reactive ketones (excluding diaryl/α,β-unsaturated/α-hetero) is 1. The van der Waals surface area contributed by atoms with E-state index in [0.717, 1.165) is 37.2 Å². The van der Waals surface area contributed by atoms with Crippen LogP contribution in [-0.4, -0.2) is 24.0 Å². The SMILES string of the molecule is CCC1CC(=O)C(c2ccc(N(CC)CC)cc2O)C1. The van der Waals surface area contributed by atoms with Crippen LogP contribution in [0.1, 0.15) is 51.5 Å². The zero-order valence-corrected chi connectivity index (χ0v) is 12.7. The number of hydrogen-bond donors (Lipinski definition) is 1. The molecule has 0 bridgehead atoms. The van der Waals surface area contributed by atoms with Crippen molar-refractivity contribution in [1.82, 2.24) is 0 Å². The fraction of sp³-hybridized carbons (Fsp3) is 0.588. The molecule has 1 aliphatic rings. The summed E-state index contributed by atoms with van der Waals surface area (Å²) in [7, 11) is 0. The molecule has 2 atom stereocenters. The van der Waals surface area contributed by atoms with E-state index in [0.29, 0.717) is 12.3 Å². The first-order valence-corrected chi connectivity index (χ1v) is 7.71. The van der Waals surface area contributed by atoms with Gasteiger partial charge in [-0.05, 0) is 32.3 Å². The molecule has 0 saturated heterocycles. The van der Waals surface area contributed by atoms with E-state index in [1.54, 1.807) is 6.07 Å². The fourth-order valence-electron chi connectivity index (χ4n) is 3.20. The van der Waals surface area contributed by atoms with E-state index in [-0.39, 0.29) is 17.5 Å². The summed E-state index contributed by atoms with van der Waals surface area (Å²) in [4.78, 5) is 14.3. The van der Waals surface area contributed by atoms with Crippen molar-refractivity contribution in [3.8, 4) is 5.75 Å². The van der Waals surface area contributed by atoms with Crippen LogP contribution < -0.4 is 4.90 Å². The second kappa shape index (κ2) is 6.29. The number of carbonyl (C=O) groups is 1. The molecule has 1 aliphatic carbocycles. The van der Waals surface area contributed by atoms with Crippen molar-refractivity contribution < 1.29 is 9.90 Å². The first-order valence-electron chi connectivity index (χ1n) is 7.71. The van der Waals surface area contributed by atoms with Crippen LogP contribution in [0.2, 0.25) is 0 Å². The summed E-state index contributed by atoms with van der Waals surface area (Å²) in [5.74, 6) is 0.923. The van der Waals surface area contributed by atoms with E-state index in [2.05, 4.69) is 25.7 Å². The molecule has 3 heteroatoms. The lowest BCUT2D eigenvalue weighted by molar-refractivity contribution is -0.118. The molecular formula is C17H25NO2. The highest BCUT2D eigenvalue weighted by molar-refractivity contribution is 5.88. The number of hydrogen-bond acceptors (Lipinski definition) is 3. The van der Waals surface area contributed by atoms with Crippen LogP contribution >= 0.6 is 0 Å². The zero-order valence-electron chi connectivity index (χ0n) is 12.7. The minimum atomic E-state index is -0.106. The molecule has 1 aromatic rings. The van der Waals surface area contributed by atoms with E-state index in [9.17, 15) is 9.90 Å². The Morgan fingerprint density at radius 3 is 2.45 bits per heavy atom. The average Bonchev–Trinajstić information content (AvgIpc) is 2.81. The molecule has 0 heterocycles. The fourth-order valence-corrected chi connectivity index (χ4v) is 3.20. The van der Waals surface area contributed by atoms with Gasteiger partial charge in [0.2, 0.25) is 0 Å². The summed E-state index contributed by atoms with van der Waals surface area (Å²) >= 11 is 0. The Morgan fingerprint density at radius 2 is 1.95 bits per heavy atom. The molecule has 1 saturated carbocycles. The van der Waals surface area contributed by atoms with Gasteiger partial charge < -0.3 is 10.0 Å². The maximum absolute atomic E-state index is 12.1. The molecule has 0 radical (unpaired) electrons. The normalized spacial score (nSPS) is 22.2. The molecule has 20 heavy (non-hydrogen) atoms. The van der Waals surface area contributed by atoms with Crippen molar-refractivity contribution in [3.63, 3.8) is 0 Å². The summed E-state index contributed by atoms with van der Waals surface area (Å²) < 4.78 is 0. The van der Waals surface area contributed by atoms with Gasteiger partial charge in [-0.2, -0.15) is 0 Å². The molecule has 1 aromatic carbocycles. The van der Waals surface area contributed by atoms with E-state index >= 15 is 0 Å². The van der Waals surface area contributed by atoms with Gasteiger partial charge in [0.1, 0.15) is 11.5 Å². The van der Waals surface area contributed by atoms with E-state index in [1.807, 2.05) is 12.1 Å². The van der Waals surface area contributed by atoms with Crippen molar-refractivity contribution >= 4 is 11.5 Å². The Kier molecular flexibility index (Phi) is 4.69.